The molecule has 132 valence electrons. The third-order valence-electron chi connectivity index (χ3n) is 3.65. The van der Waals surface area contributed by atoms with E-state index >= 15 is 0 Å². The fourth-order valence-electron chi connectivity index (χ4n) is 2.49. The maximum absolute atomic E-state index is 12.1. The van der Waals surface area contributed by atoms with Crippen LogP contribution in [0.25, 0.3) is 0 Å². The summed E-state index contributed by atoms with van der Waals surface area (Å²) in [6, 6.07) is 9.86. The van der Waals surface area contributed by atoms with Gasteiger partial charge in [-0.25, -0.2) is 4.79 Å². The molecule has 0 saturated carbocycles. The van der Waals surface area contributed by atoms with Crippen LogP contribution in [-0.4, -0.2) is 31.6 Å². The van der Waals surface area contributed by atoms with E-state index in [-0.39, 0.29) is 6.61 Å². The van der Waals surface area contributed by atoms with Gasteiger partial charge >= 0.3 is 5.97 Å². The number of methoxy groups -OCH3 is 1. The summed E-state index contributed by atoms with van der Waals surface area (Å²) in [6.07, 6.45) is 0. The molecule has 0 amide bonds. The first-order valence-electron chi connectivity index (χ1n) is 7.80. The lowest BCUT2D eigenvalue weighted by Crippen LogP contribution is -2.19. The smallest absolute Gasteiger partial charge is 0.348 e. The number of esters is 1. The lowest BCUT2D eigenvalue weighted by Gasteiger charge is -2.17. The van der Waals surface area contributed by atoms with E-state index in [0.717, 1.165) is 22.6 Å². The molecule has 0 atom stereocenters. The van der Waals surface area contributed by atoms with E-state index in [4.69, 9.17) is 15.2 Å². The maximum atomic E-state index is 12.1. The molecule has 0 aliphatic heterocycles. The first-order chi connectivity index (χ1) is 12.0. The van der Waals surface area contributed by atoms with E-state index in [1.54, 1.807) is 14.0 Å². The highest BCUT2D eigenvalue weighted by Crippen LogP contribution is 2.32. The van der Waals surface area contributed by atoms with Crippen LogP contribution in [0.15, 0.2) is 24.3 Å². The van der Waals surface area contributed by atoms with Gasteiger partial charge in [-0.15, -0.1) is 11.3 Å². The summed E-state index contributed by atoms with van der Waals surface area (Å²) in [5.74, 6) is 0.363. The van der Waals surface area contributed by atoms with Crippen LogP contribution in [0.5, 0.6) is 5.75 Å². The fraction of sp³-hybridized carbons (Fsp3) is 0.333. The molecule has 0 spiro atoms. The Morgan fingerprint density at radius 3 is 2.56 bits per heavy atom. The van der Waals surface area contributed by atoms with Gasteiger partial charge in [-0.2, -0.15) is 5.26 Å². The Hall–Kier alpha value is -2.56. The van der Waals surface area contributed by atoms with Gasteiger partial charge in [-0.05, 0) is 31.7 Å². The van der Waals surface area contributed by atoms with E-state index in [0.29, 0.717) is 34.1 Å². The van der Waals surface area contributed by atoms with Gasteiger partial charge in [0, 0.05) is 18.7 Å². The Kier molecular flexibility index (Phi) is 6.39. The molecule has 0 radical (unpaired) electrons. The minimum absolute atomic E-state index is 0.277. The summed E-state index contributed by atoms with van der Waals surface area (Å²) in [7, 11) is 3.55. The van der Waals surface area contributed by atoms with Crippen molar-refractivity contribution in [3.8, 4) is 11.8 Å². The van der Waals surface area contributed by atoms with E-state index < -0.39 is 5.97 Å². The zero-order valence-electron chi connectivity index (χ0n) is 14.5. The molecule has 25 heavy (non-hydrogen) atoms. The topological polar surface area (TPSA) is 88.6 Å². The van der Waals surface area contributed by atoms with Crippen molar-refractivity contribution >= 4 is 22.3 Å². The van der Waals surface area contributed by atoms with Crippen LogP contribution < -0.4 is 10.5 Å². The average Bonchev–Trinajstić information content (AvgIpc) is 2.91. The molecular formula is C18H21N3O3S. The lowest BCUT2D eigenvalue weighted by atomic mass is 10.1. The largest absolute Gasteiger partial charge is 0.497 e. The van der Waals surface area contributed by atoms with Crippen LogP contribution >= 0.6 is 11.3 Å². The van der Waals surface area contributed by atoms with Gasteiger partial charge < -0.3 is 15.2 Å². The lowest BCUT2D eigenvalue weighted by molar-refractivity contribution is 0.0530. The Morgan fingerprint density at radius 2 is 2.00 bits per heavy atom. The highest BCUT2D eigenvalue weighted by molar-refractivity contribution is 7.18. The van der Waals surface area contributed by atoms with Gasteiger partial charge in [-0.1, -0.05) is 12.1 Å². The highest BCUT2D eigenvalue weighted by Gasteiger charge is 2.23. The van der Waals surface area contributed by atoms with Gasteiger partial charge in [0.2, 0.25) is 0 Å². The molecule has 1 heterocycles. The fourth-order valence-corrected chi connectivity index (χ4v) is 3.41. The van der Waals surface area contributed by atoms with Crippen LogP contribution in [-0.2, 0) is 17.8 Å². The summed E-state index contributed by atoms with van der Waals surface area (Å²) < 4.78 is 10.2. The molecule has 7 heteroatoms. The molecule has 0 aliphatic carbocycles. The second-order valence-corrected chi connectivity index (χ2v) is 6.55. The first kappa shape index (κ1) is 18.8. The number of thiophene rings is 1. The normalized spacial score (nSPS) is 10.5. The van der Waals surface area contributed by atoms with Crippen molar-refractivity contribution < 1.29 is 14.3 Å². The number of hydrogen-bond donors (Lipinski definition) is 1. The second kappa shape index (κ2) is 8.51. The number of benzene rings is 1. The summed E-state index contributed by atoms with van der Waals surface area (Å²) >= 11 is 1.10. The van der Waals surface area contributed by atoms with Crippen molar-refractivity contribution in [2.45, 2.75) is 20.0 Å². The molecule has 6 nitrogen and oxygen atoms in total. The van der Waals surface area contributed by atoms with Gasteiger partial charge in [-0.3, -0.25) is 4.90 Å². The number of carbonyl (C=O) groups excluding carboxylic acids is 1. The number of nitrogens with zero attached hydrogens (tertiary/aromatic N) is 2. The molecule has 2 rings (SSSR count). The van der Waals surface area contributed by atoms with Crippen LogP contribution in [0.3, 0.4) is 0 Å². The predicted molar refractivity (Wildman–Crippen MR) is 97.6 cm³/mol. The summed E-state index contributed by atoms with van der Waals surface area (Å²) in [6.45, 7) is 3.11. The molecule has 1 aromatic carbocycles. The zero-order chi connectivity index (χ0) is 18.4. The molecule has 0 bridgehead atoms. The Balaban J connectivity index is 2.19. The standard InChI is InChI=1S/C18H21N3O3S/c1-4-24-18(22)16-15(14(9-19)17(20)25-16)11-21(2)10-12-5-7-13(23-3)8-6-12/h5-8H,4,10-11,20H2,1-3H3. The summed E-state index contributed by atoms with van der Waals surface area (Å²) in [4.78, 5) is 14.6. The third kappa shape index (κ3) is 4.50. The molecule has 2 N–H and O–H groups in total. The number of nitrogens with two attached hydrogens (primary N) is 1. The van der Waals surface area contributed by atoms with E-state index in [1.807, 2.05) is 36.2 Å². The van der Waals surface area contributed by atoms with E-state index in [2.05, 4.69) is 6.07 Å². The SMILES string of the molecule is CCOC(=O)c1sc(N)c(C#N)c1CN(C)Cc1ccc(OC)cc1. The molecule has 0 saturated heterocycles. The Morgan fingerprint density at radius 1 is 1.32 bits per heavy atom. The molecular weight excluding hydrogens is 338 g/mol. The number of ether oxygens (including phenoxy) is 2. The van der Waals surface area contributed by atoms with E-state index in [9.17, 15) is 10.1 Å². The van der Waals surface area contributed by atoms with Gasteiger partial charge in [0.05, 0.1) is 19.3 Å². The van der Waals surface area contributed by atoms with Crippen LogP contribution in [0.1, 0.15) is 33.3 Å². The number of hydrogen-bond acceptors (Lipinski definition) is 7. The quantitative estimate of drug-likeness (QED) is 0.765. The van der Waals surface area contributed by atoms with Gasteiger partial charge in [0.15, 0.2) is 0 Å². The molecule has 1 aromatic heterocycles. The van der Waals surface area contributed by atoms with Crippen molar-refractivity contribution in [2.75, 3.05) is 26.5 Å². The predicted octanol–water partition coefficient (Wildman–Crippen LogP) is 3.02. The Labute approximate surface area is 151 Å². The van der Waals surface area contributed by atoms with Crippen molar-refractivity contribution in [3.05, 3.63) is 45.8 Å². The summed E-state index contributed by atoms with van der Waals surface area (Å²) in [5, 5.41) is 9.72. The van der Waals surface area contributed by atoms with Crippen molar-refractivity contribution in [2.24, 2.45) is 0 Å². The number of rotatable bonds is 7. The van der Waals surface area contributed by atoms with E-state index in [1.165, 1.54) is 0 Å². The zero-order valence-corrected chi connectivity index (χ0v) is 15.4. The minimum Gasteiger partial charge on any atom is -0.497 e. The molecule has 0 fully saturated rings. The van der Waals surface area contributed by atoms with Crippen molar-refractivity contribution in [1.82, 2.24) is 4.90 Å². The number of nitrogen functional groups attached to an aromatic ring is 1. The number of anilines is 1. The minimum atomic E-state index is -0.437. The van der Waals surface area contributed by atoms with Gasteiger partial charge in [0.25, 0.3) is 0 Å². The molecule has 0 aliphatic rings. The van der Waals surface area contributed by atoms with Crippen LogP contribution in [0.2, 0.25) is 0 Å². The van der Waals surface area contributed by atoms with Crippen molar-refractivity contribution in [3.63, 3.8) is 0 Å². The third-order valence-corrected chi connectivity index (χ3v) is 4.69. The van der Waals surface area contributed by atoms with Crippen molar-refractivity contribution in [1.29, 1.82) is 5.26 Å². The van der Waals surface area contributed by atoms with Crippen LogP contribution in [0.4, 0.5) is 5.00 Å². The second-order valence-electron chi connectivity index (χ2n) is 5.50. The average molecular weight is 359 g/mol. The maximum Gasteiger partial charge on any atom is 0.348 e. The van der Waals surface area contributed by atoms with Crippen LogP contribution in [0, 0.1) is 11.3 Å². The first-order valence-corrected chi connectivity index (χ1v) is 8.61. The molecule has 0 unspecified atom stereocenters. The van der Waals surface area contributed by atoms with Gasteiger partial charge in [0.1, 0.15) is 21.7 Å². The highest BCUT2D eigenvalue weighted by atomic mass is 32.1. The monoisotopic (exact) mass is 359 g/mol. The molecule has 2 aromatic rings. The number of carbonyl (C=O) groups is 1. The number of nitriles is 1. The summed E-state index contributed by atoms with van der Waals surface area (Å²) in [5.41, 5.74) is 7.98. The Bertz CT molecular complexity index is 778.